The van der Waals surface area contributed by atoms with E-state index in [-0.39, 0.29) is 32.7 Å². The molecule has 0 aliphatic heterocycles. The molecule has 0 rings (SSSR count). The van der Waals surface area contributed by atoms with Crippen LogP contribution in [0, 0.1) is 0 Å². The Kier molecular flexibility index (Phi) is 60.6. The minimum absolute atomic E-state index is 0.172. The maximum absolute atomic E-state index is 12.9. The van der Waals surface area contributed by atoms with E-state index in [9.17, 15) is 19.5 Å². The highest BCUT2D eigenvalue weighted by molar-refractivity contribution is 5.71. The number of carboxylic acids is 1. The van der Waals surface area contributed by atoms with E-state index < -0.39 is 30.3 Å². The van der Waals surface area contributed by atoms with Crippen molar-refractivity contribution in [3.05, 3.63) is 170 Å². The van der Waals surface area contributed by atoms with Crippen molar-refractivity contribution in [2.24, 2.45) is 0 Å². The molecule has 9 heteroatoms. The number of rotatable bonds is 59. The van der Waals surface area contributed by atoms with Gasteiger partial charge in [0.05, 0.1) is 34.4 Å². The third-order valence-electron chi connectivity index (χ3n) is 13.5. The summed E-state index contributed by atoms with van der Waals surface area (Å²) < 4.78 is 22.9. The zero-order valence-electron chi connectivity index (χ0n) is 54.4. The van der Waals surface area contributed by atoms with E-state index in [1.165, 1.54) is 70.6 Å². The fourth-order valence-corrected chi connectivity index (χ4v) is 8.44. The van der Waals surface area contributed by atoms with Crippen molar-refractivity contribution in [3.63, 3.8) is 0 Å². The minimum atomic E-state index is -1.53. The number of hydrogen-bond acceptors (Lipinski definition) is 7. The number of carboxylic acid groups (broad SMARTS) is 1. The van der Waals surface area contributed by atoms with E-state index in [0.717, 1.165) is 122 Å². The summed E-state index contributed by atoms with van der Waals surface area (Å²) >= 11 is 0. The fourth-order valence-electron chi connectivity index (χ4n) is 8.44. The third kappa shape index (κ3) is 66.0. The highest BCUT2D eigenvalue weighted by Gasteiger charge is 2.25. The Morgan fingerprint density at radius 2 is 0.635 bits per heavy atom. The smallest absolute Gasteiger partial charge is 0.361 e. The number of allylic oxidation sites excluding steroid dienone is 28. The van der Waals surface area contributed by atoms with E-state index in [2.05, 4.69) is 184 Å². The zero-order valence-corrected chi connectivity index (χ0v) is 54.4. The lowest BCUT2D eigenvalue weighted by molar-refractivity contribution is -0.870. The Balaban J connectivity index is 4.19. The number of ether oxygens (including phenoxy) is 4. The predicted octanol–water partition coefficient (Wildman–Crippen LogP) is 20.7. The van der Waals surface area contributed by atoms with Crippen LogP contribution in [0.3, 0.4) is 0 Å². The molecule has 2 atom stereocenters. The molecular weight excluding hydrogens is 1050 g/mol. The molecule has 0 bridgehead atoms. The molecule has 0 spiro atoms. The van der Waals surface area contributed by atoms with E-state index in [1.807, 2.05) is 21.1 Å². The van der Waals surface area contributed by atoms with E-state index in [0.29, 0.717) is 23.9 Å². The molecule has 0 heterocycles. The monoisotopic (exact) mass is 1180 g/mol. The second-order valence-corrected chi connectivity index (χ2v) is 22.7. The largest absolute Gasteiger partial charge is 0.477 e. The molecule has 0 aromatic rings. The van der Waals surface area contributed by atoms with E-state index >= 15 is 0 Å². The fraction of sp³-hybridized carbons (Fsp3) is 0.592. The van der Waals surface area contributed by atoms with Gasteiger partial charge in [-0.05, 0) is 128 Å². The van der Waals surface area contributed by atoms with Gasteiger partial charge in [0.1, 0.15) is 13.2 Å². The van der Waals surface area contributed by atoms with Gasteiger partial charge in [0, 0.05) is 12.8 Å². The van der Waals surface area contributed by atoms with Crippen molar-refractivity contribution in [3.8, 4) is 0 Å². The molecule has 0 radical (unpaired) electrons. The number of hydrogen-bond donors (Lipinski definition) is 1. The van der Waals surface area contributed by atoms with Crippen LogP contribution in [0.5, 0.6) is 0 Å². The molecule has 0 aliphatic carbocycles. The molecule has 478 valence electrons. The van der Waals surface area contributed by atoms with Gasteiger partial charge in [-0.25, -0.2) is 4.79 Å². The maximum atomic E-state index is 12.9. The van der Waals surface area contributed by atoms with Crippen LogP contribution in [-0.4, -0.2) is 87.4 Å². The molecule has 0 aromatic heterocycles. The van der Waals surface area contributed by atoms with Crippen LogP contribution < -0.4 is 0 Å². The van der Waals surface area contributed by atoms with Gasteiger partial charge in [-0.2, -0.15) is 0 Å². The summed E-state index contributed by atoms with van der Waals surface area (Å²) in [5.41, 5.74) is 0. The lowest BCUT2D eigenvalue weighted by Gasteiger charge is -2.25. The van der Waals surface area contributed by atoms with Crippen molar-refractivity contribution in [1.29, 1.82) is 0 Å². The van der Waals surface area contributed by atoms with Crippen molar-refractivity contribution in [2.75, 3.05) is 47.5 Å². The van der Waals surface area contributed by atoms with Crippen LogP contribution in [0.25, 0.3) is 0 Å². The third-order valence-corrected chi connectivity index (χ3v) is 13.5. The number of carbonyl (C=O) groups is 3. The zero-order chi connectivity index (χ0) is 61.9. The average molecular weight is 1180 g/mol. The van der Waals surface area contributed by atoms with Gasteiger partial charge in [-0.1, -0.05) is 261 Å². The first-order chi connectivity index (χ1) is 41.6. The van der Waals surface area contributed by atoms with Crippen LogP contribution in [0.15, 0.2) is 170 Å². The second kappa shape index (κ2) is 64.6. The summed E-state index contributed by atoms with van der Waals surface area (Å²) in [5, 5.41) is 9.73. The Labute approximate surface area is 520 Å². The molecule has 0 aliphatic rings. The number of likely N-dealkylation sites (N-methyl/N-ethyl adjacent to an activating group) is 1. The summed E-state index contributed by atoms with van der Waals surface area (Å²) in [6, 6.07) is 0. The Morgan fingerprint density at radius 1 is 0.353 bits per heavy atom. The number of carbonyl (C=O) groups excluding carboxylic acids is 2. The van der Waals surface area contributed by atoms with Gasteiger partial charge in [-0.3, -0.25) is 9.59 Å². The highest BCUT2D eigenvalue weighted by Crippen LogP contribution is 2.15. The molecule has 0 saturated heterocycles. The number of quaternary nitrogens is 1. The molecule has 1 N–H and O–H groups in total. The summed E-state index contributed by atoms with van der Waals surface area (Å²) in [5.74, 6) is -2.08. The van der Waals surface area contributed by atoms with Gasteiger partial charge in [0.15, 0.2) is 6.10 Å². The van der Waals surface area contributed by atoms with Crippen molar-refractivity contribution in [1.82, 2.24) is 0 Å². The minimum Gasteiger partial charge on any atom is -0.477 e. The van der Waals surface area contributed by atoms with Gasteiger partial charge >= 0.3 is 17.9 Å². The van der Waals surface area contributed by atoms with Crippen LogP contribution >= 0.6 is 0 Å². The second-order valence-electron chi connectivity index (χ2n) is 22.7. The summed E-state index contributed by atoms with van der Waals surface area (Å²) in [4.78, 5) is 37.5. The van der Waals surface area contributed by atoms with Gasteiger partial charge in [0.25, 0.3) is 6.29 Å². The first-order valence-corrected chi connectivity index (χ1v) is 33.3. The number of nitrogens with zero attached hydrogens (tertiary/aromatic N) is 1. The summed E-state index contributed by atoms with van der Waals surface area (Å²) in [7, 11) is 5.95. The average Bonchev–Trinajstić information content (AvgIpc) is 3.49. The van der Waals surface area contributed by atoms with Crippen LogP contribution in [0.2, 0.25) is 0 Å². The molecule has 85 heavy (non-hydrogen) atoms. The number of unbranched alkanes of at least 4 members (excludes halogenated alkanes) is 16. The van der Waals surface area contributed by atoms with E-state index in [4.69, 9.17) is 18.9 Å². The summed E-state index contributed by atoms with van der Waals surface area (Å²) in [6.45, 7) is 4.58. The molecule has 0 aromatic carbocycles. The lowest BCUT2D eigenvalue weighted by Crippen LogP contribution is -2.40. The summed E-state index contributed by atoms with van der Waals surface area (Å²) in [6.07, 6.45) is 94.6. The van der Waals surface area contributed by atoms with Crippen molar-refractivity contribution in [2.45, 2.75) is 245 Å². The first-order valence-electron chi connectivity index (χ1n) is 33.3. The SMILES string of the molecule is CC/C=C\C/C=C\C/C=C\C/C=C\C/C=C\C/C=C\C/C=C\C/C=C\CCCCCCCCCCCCCCCCC(=O)OC(COC(=O)CCCC/C=C\C/C=C\C/C=C\C/C=C\C/C=C\C/C=C\CC)COC(OCC[N+](C)(C)C)C(=O)O. The van der Waals surface area contributed by atoms with Crippen LogP contribution in [0.1, 0.15) is 232 Å². The molecule has 0 saturated carbocycles. The molecule has 2 unspecified atom stereocenters. The normalized spacial score (nSPS) is 13.8. The molecule has 9 nitrogen and oxygen atoms in total. The number of aliphatic carboxylic acids is 1. The predicted molar refractivity (Wildman–Crippen MR) is 363 cm³/mol. The van der Waals surface area contributed by atoms with E-state index in [1.54, 1.807) is 0 Å². The van der Waals surface area contributed by atoms with Crippen LogP contribution in [0.4, 0.5) is 0 Å². The lowest BCUT2D eigenvalue weighted by atomic mass is 10.0. The standard InChI is InChI=1S/C76H121NO8/c1-6-8-10-12-14-16-18-20-22-24-26-28-29-30-31-32-33-34-35-36-37-38-39-40-41-42-43-44-45-47-49-51-53-55-57-59-61-63-65-67-74(79)85-72(71-84-76(75(80)81)82-69-68-77(3,4)5)70-83-73(78)66-64-62-60-58-56-54-52-50-48-46-27-25-23-21-19-17-15-13-11-9-7-2/h8-11,14-17,20-23,26-28,30-31,33-34,36-37,39-40,46,50,52,56,58,72,76H,6-7,12-13,18-19,24-25,29,32,35,38,41-45,47-49,51,53-55,57,59-71H2,1-5H3/p+1/b10-8-,11-9-,16-14-,17-15-,22-20-,23-21-,28-26-,31-30-,34-33-,37-36-,40-39-,46-27-,52-50-,58-56-. The van der Waals surface area contributed by atoms with Gasteiger partial charge in [-0.15, -0.1) is 0 Å². The number of esters is 2. The molecule has 0 fully saturated rings. The Hall–Kier alpha value is -5.35. The topological polar surface area (TPSA) is 108 Å². The Morgan fingerprint density at radius 3 is 0.965 bits per heavy atom. The first kappa shape index (κ1) is 79.7. The maximum Gasteiger partial charge on any atom is 0.361 e. The van der Waals surface area contributed by atoms with Gasteiger partial charge < -0.3 is 28.5 Å². The van der Waals surface area contributed by atoms with Gasteiger partial charge in [0.2, 0.25) is 0 Å². The molecular formula is C76H122NO8+. The van der Waals surface area contributed by atoms with Crippen molar-refractivity contribution < 1.29 is 42.9 Å². The highest BCUT2D eigenvalue weighted by atomic mass is 16.7. The molecule has 0 amide bonds. The van der Waals surface area contributed by atoms with Crippen molar-refractivity contribution >= 4 is 17.9 Å². The Bertz CT molecular complexity index is 2000. The quantitative estimate of drug-likeness (QED) is 0.0211. The van der Waals surface area contributed by atoms with Crippen LogP contribution in [-0.2, 0) is 33.3 Å².